The number of primary amides is 1. The topological polar surface area (TPSA) is 43.1 Å². The third-order valence-corrected chi connectivity index (χ3v) is 4.85. The third kappa shape index (κ3) is 2.72. The number of carbonyl (C=O) groups is 1. The van der Waals surface area contributed by atoms with Crippen molar-refractivity contribution in [1.82, 2.24) is 0 Å². The summed E-state index contributed by atoms with van der Waals surface area (Å²) in [6.45, 7) is 0. The van der Waals surface area contributed by atoms with Gasteiger partial charge in [0.15, 0.2) is 0 Å². The van der Waals surface area contributed by atoms with E-state index in [1.165, 1.54) is 35.8 Å². The fraction of sp³-hybridized carbons (Fsp3) is 0.136. The van der Waals surface area contributed by atoms with Crippen LogP contribution in [0.15, 0.2) is 60.7 Å². The Morgan fingerprint density at radius 2 is 1.64 bits per heavy atom. The van der Waals surface area contributed by atoms with Crippen LogP contribution in [0.2, 0.25) is 0 Å². The molecule has 124 valence electrons. The Balaban J connectivity index is 2.00. The maximum absolute atomic E-state index is 13.9. The molecule has 0 atom stereocenters. The zero-order chi connectivity index (χ0) is 17.4. The van der Waals surface area contributed by atoms with Gasteiger partial charge in [0.1, 0.15) is 5.82 Å². The van der Waals surface area contributed by atoms with Crippen LogP contribution in [0, 0.1) is 5.82 Å². The lowest BCUT2D eigenvalue weighted by atomic mass is 9.90. The lowest BCUT2D eigenvalue weighted by molar-refractivity contribution is 0.100. The number of carbonyl (C=O) groups excluding carboxylic acids is 1. The molecule has 3 aromatic carbocycles. The largest absolute Gasteiger partial charge is 0.366 e. The van der Waals surface area contributed by atoms with Crippen LogP contribution in [0.5, 0.6) is 0 Å². The average Bonchev–Trinajstić information content (AvgIpc) is 3.14. The Morgan fingerprint density at radius 3 is 2.32 bits per heavy atom. The first-order chi connectivity index (χ1) is 12.1. The number of benzene rings is 3. The van der Waals surface area contributed by atoms with Crippen molar-refractivity contribution in [1.29, 1.82) is 0 Å². The first kappa shape index (κ1) is 15.6. The summed E-state index contributed by atoms with van der Waals surface area (Å²) >= 11 is 0. The first-order valence-electron chi connectivity index (χ1n) is 8.46. The molecular weight excluding hydrogens is 313 g/mol. The van der Waals surface area contributed by atoms with E-state index in [4.69, 9.17) is 5.73 Å². The Morgan fingerprint density at radius 1 is 0.920 bits per heavy atom. The lowest BCUT2D eigenvalue weighted by Crippen LogP contribution is -2.12. The average molecular weight is 331 g/mol. The number of nitrogens with two attached hydrogens (primary N) is 1. The summed E-state index contributed by atoms with van der Waals surface area (Å²) in [5.41, 5.74) is 9.78. The van der Waals surface area contributed by atoms with Gasteiger partial charge in [0.2, 0.25) is 5.91 Å². The van der Waals surface area contributed by atoms with E-state index in [-0.39, 0.29) is 5.82 Å². The van der Waals surface area contributed by atoms with E-state index in [9.17, 15) is 9.18 Å². The fourth-order valence-electron chi connectivity index (χ4n) is 3.69. The van der Waals surface area contributed by atoms with Gasteiger partial charge in [-0.05, 0) is 70.5 Å². The van der Waals surface area contributed by atoms with E-state index in [0.717, 1.165) is 29.2 Å². The van der Waals surface area contributed by atoms with Crippen molar-refractivity contribution in [2.75, 3.05) is 0 Å². The number of fused-ring (bicyclic) bond motifs is 1. The van der Waals surface area contributed by atoms with Gasteiger partial charge in [0.25, 0.3) is 0 Å². The standard InChI is InChI=1S/C22H18FNO/c23-15-11-12-20(22(24)25)21(13-15)19-10-4-8-17-16(7-3-9-18(17)19)14-5-1-2-6-14/h3-5,7-13H,1-2,6H2,(H2,24,25). The van der Waals surface area contributed by atoms with Crippen LogP contribution in [0.25, 0.3) is 27.5 Å². The van der Waals surface area contributed by atoms with Gasteiger partial charge in [-0.1, -0.05) is 42.5 Å². The number of amides is 1. The minimum Gasteiger partial charge on any atom is -0.366 e. The monoisotopic (exact) mass is 331 g/mol. The molecule has 0 saturated carbocycles. The van der Waals surface area contributed by atoms with Crippen molar-refractivity contribution < 1.29 is 9.18 Å². The van der Waals surface area contributed by atoms with Gasteiger partial charge in [-0.15, -0.1) is 0 Å². The minimum atomic E-state index is -0.554. The van der Waals surface area contributed by atoms with Gasteiger partial charge in [-0.2, -0.15) is 0 Å². The molecule has 4 rings (SSSR count). The van der Waals surface area contributed by atoms with Crippen molar-refractivity contribution in [2.45, 2.75) is 19.3 Å². The molecule has 0 heterocycles. The smallest absolute Gasteiger partial charge is 0.249 e. The summed E-state index contributed by atoms with van der Waals surface area (Å²) in [4.78, 5) is 11.8. The fourth-order valence-corrected chi connectivity index (χ4v) is 3.69. The summed E-state index contributed by atoms with van der Waals surface area (Å²) in [7, 11) is 0. The number of hydrogen-bond acceptors (Lipinski definition) is 1. The van der Waals surface area contributed by atoms with Gasteiger partial charge < -0.3 is 5.73 Å². The number of halogens is 1. The first-order valence-corrected chi connectivity index (χ1v) is 8.46. The maximum Gasteiger partial charge on any atom is 0.249 e. The summed E-state index contributed by atoms with van der Waals surface area (Å²) in [6.07, 6.45) is 5.66. The molecule has 1 aliphatic carbocycles. The normalized spacial score (nSPS) is 13.9. The highest BCUT2D eigenvalue weighted by molar-refractivity contribution is 6.07. The molecule has 3 aromatic rings. The van der Waals surface area contributed by atoms with Crippen LogP contribution < -0.4 is 5.73 Å². The van der Waals surface area contributed by atoms with Crippen LogP contribution in [-0.4, -0.2) is 5.91 Å². The molecule has 0 aromatic heterocycles. The number of rotatable bonds is 3. The van der Waals surface area contributed by atoms with Gasteiger partial charge in [-0.3, -0.25) is 4.79 Å². The third-order valence-electron chi connectivity index (χ3n) is 4.85. The van der Waals surface area contributed by atoms with Crippen LogP contribution in [-0.2, 0) is 0 Å². The predicted molar refractivity (Wildman–Crippen MR) is 99.7 cm³/mol. The summed E-state index contributed by atoms with van der Waals surface area (Å²) in [5, 5.41) is 2.12. The molecule has 0 saturated heterocycles. The zero-order valence-electron chi connectivity index (χ0n) is 13.8. The van der Waals surface area contributed by atoms with E-state index in [0.29, 0.717) is 11.1 Å². The Hall–Kier alpha value is -2.94. The molecule has 2 nitrogen and oxygen atoms in total. The van der Waals surface area contributed by atoms with Crippen molar-refractivity contribution in [3.8, 4) is 11.1 Å². The molecular formula is C22H18FNO. The Bertz CT molecular complexity index is 1020. The van der Waals surface area contributed by atoms with Crippen LogP contribution in [0.3, 0.4) is 0 Å². The van der Waals surface area contributed by atoms with Crippen molar-refractivity contribution in [3.63, 3.8) is 0 Å². The number of allylic oxidation sites excluding steroid dienone is 2. The zero-order valence-corrected chi connectivity index (χ0v) is 13.8. The van der Waals surface area contributed by atoms with Crippen molar-refractivity contribution in [2.24, 2.45) is 5.73 Å². The highest BCUT2D eigenvalue weighted by atomic mass is 19.1. The van der Waals surface area contributed by atoms with E-state index in [2.05, 4.69) is 18.2 Å². The molecule has 2 N–H and O–H groups in total. The molecule has 1 amide bonds. The van der Waals surface area contributed by atoms with Gasteiger partial charge in [0.05, 0.1) is 0 Å². The summed E-state index contributed by atoms with van der Waals surface area (Å²) in [5.74, 6) is -0.937. The van der Waals surface area contributed by atoms with Crippen LogP contribution in [0.4, 0.5) is 4.39 Å². The second kappa shape index (κ2) is 6.17. The molecule has 1 aliphatic rings. The van der Waals surface area contributed by atoms with E-state index < -0.39 is 5.91 Å². The SMILES string of the molecule is NC(=O)c1ccc(F)cc1-c1cccc2c(C3=CCCC3)cccc12. The summed E-state index contributed by atoms with van der Waals surface area (Å²) < 4.78 is 13.9. The molecule has 0 bridgehead atoms. The van der Waals surface area contributed by atoms with Gasteiger partial charge >= 0.3 is 0 Å². The van der Waals surface area contributed by atoms with Gasteiger partial charge in [0, 0.05) is 5.56 Å². The Kier molecular flexibility index (Phi) is 3.85. The van der Waals surface area contributed by atoms with Crippen LogP contribution >= 0.6 is 0 Å². The molecule has 0 aliphatic heterocycles. The van der Waals surface area contributed by atoms with Gasteiger partial charge in [-0.25, -0.2) is 4.39 Å². The number of hydrogen-bond donors (Lipinski definition) is 1. The summed E-state index contributed by atoms with van der Waals surface area (Å²) in [6, 6.07) is 16.2. The second-order valence-electron chi connectivity index (χ2n) is 6.38. The molecule has 0 fully saturated rings. The molecule has 3 heteroatoms. The minimum absolute atomic E-state index is 0.333. The molecule has 0 spiro atoms. The van der Waals surface area contributed by atoms with E-state index in [1.54, 1.807) is 0 Å². The van der Waals surface area contributed by atoms with E-state index >= 15 is 0 Å². The second-order valence-corrected chi connectivity index (χ2v) is 6.38. The quantitative estimate of drug-likeness (QED) is 0.694. The maximum atomic E-state index is 13.9. The molecule has 25 heavy (non-hydrogen) atoms. The molecule has 0 radical (unpaired) electrons. The highest BCUT2D eigenvalue weighted by Gasteiger charge is 2.16. The molecule has 0 unspecified atom stereocenters. The van der Waals surface area contributed by atoms with Crippen LogP contribution in [0.1, 0.15) is 35.2 Å². The lowest BCUT2D eigenvalue weighted by Gasteiger charge is -2.13. The van der Waals surface area contributed by atoms with Crippen molar-refractivity contribution in [3.05, 3.63) is 77.6 Å². The Labute approximate surface area is 145 Å². The van der Waals surface area contributed by atoms with Crippen molar-refractivity contribution >= 4 is 22.3 Å². The highest BCUT2D eigenvalue weighted by Crippen LogP contribution is 2.37. The predicted octanol–water partition coefficient (Wildman–Crippen LogP) is 5.31. The van der Waals surface area contributed by atoms with E-state index in [1.807, 2.05) is 24.3 Å².